The van der Waals surface area contributed by atoms with Crippen molar-refractivity contribution in [3.8, 4) is 0 Å². The molecule has 0 atom stereocenters. The van der Waals surface area contributed by atoms with E-state index >= 15 is 0 Å². The lowest BCUT2D eigenvalue weighted by atomic mass is 10.1. The lowest BCUT2D eigenvalue weighted by molar-refractivity contribution is 0.0683. The van der Waals surface area contributed by atoms with E-state index in [9.17, 15) is 4.79 Å². The van der Waals surface area contributed by atoms with Crippen molar-refractivity contribution in [3.05, 3.63) is 28.9 Å². The highest BCUT2D eigenvalue weighted by atomic mass is 16.5. The zero-order valence-corrected chi connectivity index (χ0v) is 7.35. The highest BCUT2D eigenvalue weighted by molar-refractivity contribution is 4.86. The first-order valence-corrected chi connectivity index (χ1v) is 4.48. The predicted molar refractivity (Wildman–Crippen MR) is 47.6 cm³/mol. The van der Waals surface area contributed by atoms with Crippen LogP contribution in [0.5, 0.6) is 0 Å². The molecule has 1 aliphatic heterocycles. The first kappa shape index (κ1) is 8.44. The smallest absolute Gasteiger partial charge is 0.253 e. The molecule has 4 heteroatoms. The van der Waals surface area contributed by atoms with Crippen LogP contribution in [0, 0.1) is 0 Å². The van der Waals surface area contributed by atoms with Gasteiger partial charge in [-0.3, -0.25) is 9.36 Å². The second-order valence-corrected chi connectivity index (χ2v) is 3.17. The van der Waals surface area contributed by atoms with Crippen molar-refractivity contribution in [1.82, 2.24) is 9.55 Å². The standard InChI is InChI=1S/C9H12N2O2/c12-9-1-4-10-7-11(9)8-2-5-13-6-3-8/h1,4,7-8H,2-3,5-6H2. The molecule has 2 rings (SSSR count). The molecule has 2 heterocycles. The van der Waals surface area contributed by atoms with Crippen molar-refractivity contribution < 1.29 is 4.74 Å². The van der Waals surface area contributed by atoms with Crippen LogP contribution in [-0.4, -0.2) is 22.8 Å². The molecule has 0 amide bonds. The predicted octanol–water partition coefficient (Wildman–Crippen LogP) is 0.595. The van der Waals surface area contributed by atoms with Crippen molar-refractivity contribution in [3.63, 3.8) is 0 Å². The molecule has 0 spiro atoms. The van der Waals surface area contributed by atoms with Crippen molar-refractivity contribution in [2.45, 2.75) is 18.9 Å². The molecule has 1 fully saturated rings. The largest absolute Gasteiger partial charge is 0.381 e. The average molecular weight is 180 g/mol. The topological polar surface area (TPSA) is 44.1 Å². The fourth-order valence-corrected chi connectivity index (χ4v) is 1.60. The van der Waals surface area contributed by atoms with Crippen molar-refractivity contribution in [1.29, 1.82) is 0 Å². The highest BCUT2D eigenvalue weighted by Gasteiger charge is 2.15. The second-order valence-electron chi connectivity index (χ2n) is 3.17. The van der Waals surface area contributed by atoms with E-state index in [0.717, 1.165) is 26.1 Å². The van der Waals surface area contributed by atoms with E-state index in [1.54, 1.807) is 10.9 Å². The molecule has 0 N–H and O–H groups in total. The summed E-state index contributed by atoms with van der Waals surface area (Å²) in [6.07, 6.45) is 4.95. The Bertz CT molecular complexity index is 328. The second kappa shape index (κ2) is 3.70. The van der Waals surface area contributed by atoms with E-state index in [1.165, 1.54) is 12.3 Å². The number of aromatic nitrogens is 2. The van der Waals surface area contributed by atoms with Crippen molar-refractivity contribution >= 4 is 0 Å². The molecular formula is C9H12N2O2. The van der Waals surface area contributed by atoms with Gasteiger partial charge in [0, 0.05) is 31.5 Å². The minimum absolute atomic E-state index is 0.0295. The van der Waals surface area contributed by atoms with E-state index in [4.69, 9.17) is 4.74 Å². The summed E-state index contributed by atoms with van der Waals surface area (Å²) in [6.45, 7) is 1.48. The van der Waals surface area contributed by atoms with Gasteiger partial charge in [-0.2, -0.15) is 0 Å². The van der Waals surface area contributed by atoms with Gasteiger partial charge in [-0.05, 0) is 12.8 Å². The van der Waals surface area contributed by atoms with Gasteiger partial charge in [-0.1, -0.05) is 0 Å². The SMILES string of the molecule is O=c1ccncn1C1CCOCC1. The lowest BCUT2D eigenvalue weighted by Gasteiger charge is -2.23. The Balaban J connectivity index is 2.24. The Morgan fingerprint density at radius 3 is 2.92 bits per heavy atom. The summed E-state index contributed by atoms with van der Waals surface area (Å²) in [5, 5.41) is 0. The number of nitrogens with zero attached hydrogens (tertiary/aromatic N) is 2. The van der Waals surface area contributed by atoms with Gasteiger partial charge >= 0.3 is 0 Å². The molecule has 1 saturated heterocycles. The first-order valence-electron chi connectivity index (χ1n) is 4.48. The Hall–Kier alpha value is -1.16. The van der Waals surface area contributed by atoms with Gasteiger partial charge in [0.05, 0.1) is 6.33 Å². The van der Waals surface area contributed by atoms with Crippen LogP contribution in [0.25, 0.3) is 0 Å². The molecule has 0 saturated carbocycles. The number of rotatable bonds is 1. The fraction of sp³-hybridized carbons (Fsp3) is 0.556. The van der Waals surface area contributed by atoms with E-state index in [0.29, 0.717) is 0 Å². The van der Waals surface area contributed by atoms with E-state index in [2.05, 4.69) is 4.98 Å². The van der Waals surface area contributed by atoms with Gasteiger partial charge in [-0.25, -0.2) is 4.98 Å². The molecule has 4 nitrogen and oxygen atoms in total. The molecule has 0 aliphatic carbocycles. The van der Waals surface area contributed by atoms with Crippen LogP contribution in [0.3, 0.4) is 0 Å². The van der Waals surface area contributed by atoms with Crippen LogP contribution in [0.2, 0.25) is 0 Å². The lowest BCUT2D eigenvalue weighted by Crippen LogP contribution is -2.28. The molecular weight excluding hydrogens is 168 g/mol. The minimum atomic E-state index is 0.0295. The van der Waals surface area contributed by atoms with Crippen molar-refractivity contribution in [2.24, 2.45) is 0 Å². The molecule has 1 aromatic heterocycles. The van der Waals surface area contributed by atoms with E-state index < -0.39 is 0 Å². The molecule has 70 valence electrons. The third-order valence-electron chi connectivity index (χ3n) is 2.33. The summed E-state index contributed by atoms with van der Waals surface area (Å²) in [7, 11) is 0. The van der Waals surface area contributed by atoms with E-state index in [-0.39, 0.29) is 11.6 Å². The quantitative estimate of drug-likeness (QED) is 0.635. The van der Waals surface area contributed by atoms with Crippen LogP contribution in [0.15, 0.2) is 23.4 Å². The molecule has 0 bridgehead atoms. The molecule has 0 radical (unpaired) electrons. The molecule has 13 heavy (non-hydrogen) atoms. The molecule has 0 unspecified atom stereocenters. The van der Waals surface area contributed by atoms with Gasteiger partial charge in [-0.15, -0.1) is 0 Å². The minimum Gasteiger partial charge on any atom is -0.381 e. The summed E-state index contributed by atoms with van der Waals surface area (Å²) in [6, 6.07) is 1.77. The zero-order chi connectivity index (χ0) is 9.10. The normalized spacial score (nSPS) is 18.8. The number of ether oxygens (including phenoxy) is 1. The highest BCUT2D eigenvalue weighted by Crippen LogP contribution is 2.17. The number of hydrogen-bond acceptors (Lipinski definition) is 3. The average Bonchev–Trinajstić information content (AvgIpc) is 2.20. The summed E-state index contributed by atoms with van der Waals surface area (Å²) < 4.78 is 6.92. The monoisotopic (exact) mass is 180 g/mol. The summed E-state index contributed by atoms with van der Waals surface area (Å²) in [4.78, 5) is 15.3. The Labute approximate surface area is 76.2 Å². The summed E-state index contributed by atoms with van der Waals surface area (Å²) in [5.41, 5.74) is 0.0295. The molecule has 0 aromatic carbocycles. The van der Waals surface area contributed by atoms with Gasteiger partial charge in [0.1, 0.15) is 0 Å². The maximum atomic E-state index is 11.4. The number of hydrogen-bond donors (Lipinski definition) is 0. The van der Waals surface area contributed by atoms with Crippen LogP contribution < -0.4 is 5.56 Å². The maximum absolute atomic E-state index is 11.4. The van der Waals surface area contributed by atoms with Crippen LogP contribution in [0.4, 0.5) is 0 Å². The summed E-state index contributed by atoms with van der Waals surface area (Å²) >= 11 is 0. The van der Waals surface area contributed by atoms with Crippen LogP contribution >= 0.6 is 0 Å². The molecule has 1 aliphatic rings. The Kier molecular flexibility index (Phi) is 2.40. The third kappa shape index (κ3) is 1.78. The van der Waals surface area contributed by atoms with Gasteiger partial charge in [0.2, 0.25) is 0 Å². The fourth-order valence-electron chi connectivity index (χ4n) is 1.60. The van der Waals surface area contributed by atoms with Crippen LogP contribution in [-0.2, 0) is 4.74 Å². The zero-order valence-electron chi connectivity index (χ0n) is 7.35. The Morgan fingerprint density at radius 1 is 1.46 bits per heavy atom. The van der Waals surface area contributed by atoms with Crippen molar-refractivity contribution in [2.75, 3.05) is 13.2 Å². The van der Waals surface area contributed by atoms with Gasteiger partial charge in [0.15, 0.2) is 0 Å². The first-order chi connectivity index (χ1) is 6.38. The van der Waals surface area contributed by atoms with E-state index in [1.807, 2.05) is 0 Å². The molecule has 1 aromatic rings. The van der Waals surface area contributed by atoms with Gasteiger partial charge < -0.3 is 4.74 Å². The van der Waals surface area contributed by atoms with Crippen LogP contribution in [0.1, 0.15) is 18.9 Å². The maximum Gasteiger partial charge on any atom is 0.253 e. The third-order valence-corrected chi connectivity index (χ3v) is 2.33. The Morgan fingerprint density at radius 2 is 2.23 bits per heavy atom. The van der Waals surface area contributed by atoms with Gasteiger partial charge in [0.25, 0.3) is 5.56 Å². The summed E-state index contributed by atoms with van der Waals surface area (Å²) in [5.74, 6) is 0.